The molecule has 0 saturated carbocycles. The Hall–Kier alpha value is -8.48. The molecule has 5 aromatic heterocycles. The summed E-state index contributed by atoms with van der Waals surface area (Å²) in [4.78, 5) is 11.4. The molecule has 1 atom stereocenters. The highest BCUT2D eigenvalue weighted by atomic mass is 15.2. The zero-order chi connectivity index (χ0) is 41.9. The Balaban J connectivity index is 1.08. The lowest BCUT2D eigenvalue weighted by molar-refractivity contribution is 0.836. The summed E-state index contributed by atoms with van der Waals surface area (Å²) in [6.07, 6.45) is 3.07. The van der Waals surface area contributed by atoms with Crippen molar-refractivity contribution in [3.8, 4) is 11.6 Å². The van der Waals surface area contributed by atoms with Gasteiger partial charge >= 0.3 is 0 Å². The number of pyridine rings is 1. The van der Waals surface area contributed by atoms with Crippen LogP contribution in [0.25, 0.3) is 105 Å². The molecule has 6 heterocycles. The van der Waals surface area contributed by atoms with Crippen molar-refractivity contribution in [2.24, 2.45) is 4.99 Å². The lowest BCUT2D eigenvalue weighted by atomic mass is 9.93. The van der Waals surface area contributed by atoms with Crippen molar-refractivity contribution in [2.45, 2.75) is 12.3 Å². The van der Waals surface area contributed by atoms with E-state index in [1.54, 1.807) is 0 Å². The van der Waals surface area contributed by atoms with Gasteiger partial charge in [0.2, 0.25) is 0 Å². The number of aromatic nitrogens is 5. The molecule has 0 aliphatic carbocycles. The molecule has 64 heavy (non-hydrogen) atoms. The first-order valence-electron chi connectivity index (χ1n) is 22.0. The first-order valence-corrected chi connectivity index (χ1v) is 22.0. The van der Waals surface area contributed by atoms with Gasteiger partial charge in [0, 0.05) is 55.4 Å². The summed E-state index contributed by atoms with van der Waals surface area (Å²) in [6, 6.07) is 74.4. The number of benzene rings is 8. The van der Waals surface area contributed by atoms with E-state index in [0.29, 0.717) is 6.42 Å². The minimum absolute atomic E-state index is 0.0796. The van der Waals surface area contributed by atoms with E-state index in [-0.39, 0.29) is 5.92 Å². The molecule has 8 aromatic carbocycles. The largest absolute Gasteiger partial charge is 0.297 e. The maximum Gasteiger partial charge on any atom is 0.140 e. The molecular weight excluding hydrogens is 781 g/mol. The Bertz CT molecular complexity index is 3790. The summed E-state index contributed by atoms with van der Waals surface area (Å²) in [6.45, 7) is 0. The average molecular weight is 819 g/mol. The fourth-order valence-corrected chi connectivity index (χ4v) is 10.8. The number of hydrogen-bond acceptors (Lipinski definition) is 2. The van der Waals surface area contributed by atoms with E-state index in [1.807, 2.05) is 0 Å². The van der Waals surface area contributed by atoms with Gasteiger partial charge in [-0.15, -0.1) is 0 Å². The topological polar surface area (TPSA) is 45.0 Å². The molecule has 0 saturated heterocycles. The quantitative estimate of drug-likeness (QED) is 0.174. The third-order valence-corrected chi connectivity index (χ3v) is 13.5. The fourth-order valence-electron chi connectivity index (χ4n) is 10.8. The van der Waals surface area contributed by atoms with E-state index < -0.39 is 0 Å². The van der Waals surface area contributed by atoms with Crippen LogP contribution in [0.4, 0.5) is 0 Å². The second-order valence-corrected chi connectivity index (χ2v) is 17.0. The molecule has 13 aromatic rings. The van der Waals surface area contributed by atoms with Gasteiger partial charge in [-0.1, -0.05) is 146 Å². The van der Waals surface area contributed by atoms with Crippen molar-refractivity contribution in [1.29, 1.82) is 0 Å². The molecule has 300 valence electrons. The normalized spacial score (nSPS) is 14.5. The van der Waals surface area contributed by atoms with Crippen LogP contribution in [-0.4, -0.2) is 29.1 Å². The second kappa shape index (κ2) is 13.5. The van der Waals surface area contributed by atoms with Gasteiger partial charge in [0.1, 0.15) is 23.3 Å². The summed E-state index contributed by atoms with van der Waals surface area (Å²) >= 11 is 0. The molecule has 0 spiro atoms. The molecule has 1 unspecified atom stereocenters. The van der Waals surface area contributed by atoms with Crippen LogP contribution in [0.3, 0.4) is 0 Å². The summed E-state index contributed by atoms with van der Waals surface area (Å²) in [7, 11) is 0. The highest BCUT2D eigenvalue weighted by Crippen LogP contribution is 2.41. The van der Waals surface area contributed by atoms with E-state index in [9.17, 15) is 0 Å². The van der Waals surface area contributed by atoms with Gasteiger partial charge in [0.15, 0.2) is 0 Å². The third kappa shape index (κ3) is 5.02. The maximum absolute atomic E-state index is 5.73. The van der Waals surface area contributed by atoms with E-state index >= 15 is 0 Å². The molecule has 1 aliphatic rings. The molecule has 0 radical (unpaired) electrons. The van der Waals surface area contributed by atoms with Gasteiger partial charge in [-0.3, -0.25) is 18.3 Å². The minimum atomic E-state index is -0.0796. The van der Waals surface area contributed by atoms with Crippen molar-refractivity contribution >= 4 is 98.9 Å². The number of rotatable bonds is 4. The van der Waals surface area contributed by atoms with Crippen LogP contribution < -0.4 is 0 Å². The zero-order valence-electron chi connectivity index (χ0n) is 34.7. The number of fused-ring (bicyclic) bond motifs is 12. The average Bonchev–Trinajstić information content (AvgIpc) is 4.09. The molecule has 6 heteroatoms. The Morgan fingerprint density at radius 3 is 0.938 bits per heavy atom. The van der Waals surface area contributed by atoms with Gasteiger partial charge in [0.05, 0.1) is 44.1 Å². The standard InChI is InChI=1S/C58H38N6/c1-9-25-47-39(17-1)40-18-2-10-26-48(40)61(47)55-33-37(34-56(59-55)62-49-27-11-3-19-41(49)42-20-4-12-28-50(42)62)38-35-57(63-51-29-13-5-21-43(51)44-22-6-14-30-52(44)63)60-58(36-38)64-53-31-15-7-23-45(53)46-24-8-16-32-54(46)64/h1-35,38H,36H2. The SMILES string of the molecule is C1=C(n2c3ccccc3c3ccccc32)N=C(n2c3ccccc3c3ccccc32)CC1c1cc(-n2c3ccccc3c3ccccc32)nc(-n2c3ccccc3c3ccccc32)c1. The lowest BCUT2D eigenvalue weighted by Gasteiger charge is -2.25. The number of aliphatic imine (C=N–C) groups is 1. The zero-order valence-corrected chi connectivity index (χ0v) is 34.7. The van der Waals surface area contributed by atoms with Crippen LogP contribution in [0, 0.1) is 0 Å². The van der Waals surface area contributed by atoms with Crippen molar-refractivity contribution in [1.82, 2.24) is 23.3 Å². The monoisotopic (exact) mass is 818 g/mol. The molecule has 0 fully saturated rings. The van der Waals surface area contributed by atoms with Crippen LogP contribution in [0.2, 0.25) is 0 Å². The maximum atomic E-state index is 5.73. The fraction of sp³-hybridized carbons (Fsp3) is 0.0345. The predicted molar refractivity (Wildman–Crippen MR) is 266 cm³/mol. The smallest absolute Gasteiger partial charge is 0.140 e. The highest BCUT2D eigenvalue weighted by Gasteiger charge is 2.28. The van der Waals surface area contributed by atoms with E-state index in [0.717, 1.165) is 73.0 Å². The van der Waals surface area contributed by atoms with Crippen molar-refractivity contribution in [3.63, 3.8) is 0 Å². The molecule has 0 amide bonds. The molecular formula is C58H38N6. The van der Waals surface area contributed by atoms with Crippen LogP contribution in [0.5, 0.6) is 0 Å². The Kier molecular flexibility index (Phi) is 7.42. The number of para-hydroxylation sites is 8. The minimum Gasteiger partial charge on any atom is -0.297 e. The lowest BCUT2D eigenvalue weighted by Crippen LogP contribution is -2.20. The third-order valence-electron chi connectivity index (χ3n) is 13.5. The molecule has 0 bridgehead atoms. The van der Waals surface area contributed by atoms with Gasteiger partial charge in [-0.2, -0.15) is 0 Å². The molecule has 6 nitrogen and oxygen atoms in total. The Morgan fingerprint density at radius 1 is 0.328 bits per heavy atom. The van der Waals surface area contributed by atoms with Crippen molar-refractivity contribution in [3.05, 3.63) is 218 Å². The van der Waals surface area contributed by atoms with Crippen molar-refractivity contribution < 1.29 is 0 Å². The van der Waals surface area contributed by atoms with Gasteiger partial charge < -0.3 is 0 Å². The Morgan fingerprint density at radius 2 is 0.609 bits per heavy atom. The van der Waals surface area contributed by atoms with E-state index in [2.05, 4.69) is 231 Å². The molecule has 0 N–H and O–H groups in total. The Labute approximate surface area is 367 Å². The number of nitrogens with zero attached hydrogens (tertiary/aromatic N) is 6. The first kappa shape index (κ1) is 35.2. The summed E-state index contributed by atoms with van der Waals surface area (Å²) in [5.41, 5.74) is 10.2. The van der Waals surface area contributed by atoms with Gasteiger partial charge in [-0.25, -0.2) is 9.98 Å². The number of allylic oxidation sites excluding steroid dienone is 1. The van der Waals surface area contributed by atoms with Crippen LogP contribution in [0.15, 0.2) is 217 Å². The predicted octanol–water partition coefficient (Wildman–Crippen LogP) is 14.4. The number of hydrogen-bond donors (Lipinski definition) is 0. The van der Waals surface area contributed by atoms with Gasteiger partial charge in [-0.05, 0) is 72.3 Å². The summed E-state index contributed by atoms with van der Waals surface area (Å²) in [5, 5.41) is 9.67. The summed E-state index contributed by atoms with van der Waals surface area (Å²) in [5.74, 6) is 3.57. The first-order chi connectivity index (χ1) is 31.8. The van der Waals surface area contributed by atoms with Crippen molar-refractivity contribution in [2.75, 3.05) is 0 Å². The van der Waals surface area contributed by atoms with Crippen LogP contribution in [-0.2, 0) is 0 Å². The molecule has 14 rings (SSSR count). The van der Waals surface area contributed by atoms with E-state index in [4.69, 9.17) is 9.98 Å². The summed E-state index contributed by atoms with van der Waals surface area (Å²) < 4.78 is 9.48. The highest BCUT2D eigenvalue weighted by molar-refractivity contribution is 6.16. The molecule has 1 aliphatic heterocycles. The van der Waals surface area contributed by atoms with E-state index in [1.165, 1.54) is 43.1 Å². The van der Waals surface area contributed by atoms with Crippen LogP contribution in [0.1, 0.15) is 17.9 Å². The van der Waals surface area contributed by atoms with Gasteiger partial charge in [0.25, 0.3) is 0 Å². The second-order valence-electron chi connectivity index (χ2n) is 17.0. The van der Waals surface area contributed by atoms with Crippen LogP contribution >= 0.6 is 0 Å².